The number of carbonyl (C=O) groups is 1. The molecule has 0 aliphatic heterocycles. The van der Waals surface area contributed by atoms with Crippen molar-refractivity contribution in [3.05, 3.63) is 48.0 Å². The van der Waals surface area contributed by atoms with Gasteiger partial charge in [-0.3, -0.25) is 0 Å². The lowest BCUT2D eigenvalue weighted by Crippen LogP contribution is -2.18. The van der Waals surface area contributed by atoms with Gasteiger partial charge in [0, 0.05) is 20.1 Å². The van der Waals surface area contributed by atoms with Gasteiger partial charge in [0.2, 0.25) is 0 Å². The van der Waals surface area contributed by atoms with Gasteiger partial charge < -0.3 is 31.2 Å². The molecular weight excluding hydrogens is 344 g/mol. The highest BCUT2D eigenvalue weighted by molar-refractivity contribution is 5.80. The monoisotopic (exact) mass is 372 g/mol. The van der Waals surface area contributed by atoms with Crippen LogP contribution in [-0.4, -0.2) is 33.4 Å². The first-order valence-electron chi connectivity index (χ1n) is 8.90. The fourth-order valence-electron chi connectivity index (χ4n) is 2.75. The SMILES string of the molecule is COc1ccc(CN(C)c2cccc(NCCCCOC(N)=O)c2N)cc1. The molecule has 0 unspecified atom stereocenters. The van der Waals surface area contributed by atoms with Crippen molar-refractivity contribution < 1.29 is 14.3 Å². The molecular formula is C20H28N4O3. The number of hydrogen-bond acceptors (Lipinski definition) is 6. The number of carbonyl (C=O) groups excluding carboxylic acids is 1. The van der Waals surface area contributed by atoms with Gasteiger partial charge in [-0.1, -0.05) is 18.2 Å². The molecule has 2 rings (SSSR count). The van der Waals surface area contributed by atoms with Gasteiger partial charge >= 0.3 is 6.09 Å². The van der Waals surface area contributed by atoms with Crippen molar-refractivity contribution in [3.63, 3.8) is 0 Å². The summed E-state index contributed by atoms with van der Waals surface area (Å²) in [6, 6.07) is 13.9. The first-order chi connectivity index (χ1) is 13.0. The number of benzene rings is 2. The molecule has 7 nitrogen and oxygen atoms in total. The van der Waals surface area contributed by atoms with Crippen molar-refractivity contribution in [3.8, 4) is 5.75 Å². The number of ether oxygens (including phenoxy) is 2. The summed E-state index contributed by atoms with van der Waals surface area (Å²) in [7, 11) is 3.67. The molecule has 0 heterocycles. The first kappa shape index (κ1) is 20.2. The molecule has 0 aromatic heterocycles. The molecule has 0 radical (unpaired) electrons. The van der Waals surface area contributed by atoms with E-state index in [0.29, 0.717) is 12.3 Å². The fraction of sp³-hybridized carbons (Fsp3) is 0.350. The van der Waals surface area contributed by atoms with Gasteiger partial charge in [-0.15, -0.1) is 0 Å². The molecule has 0 saturated carbocycles. The second kappa shape index (κ2) is 10.2. The van der Waals surface area contributed by atoms with Crippen LogP contribution in [0.25, 0.3) is 0 Å². The maximum absolute atomic E-state index is 10.5. The van der Waals surface area contributed by atoms with E-state index in [-0.39, 0.29) is 0 Å². The second-order valence-electron chi connectivity index (χ2n) is 6.24. The van der Waals surface area contributed by atoms with Crippen LogP contribution in [0.5, 0.6) is 5.75 Å². The van der Waals surface area contributed by atoms with E-state index in [1.807, 2.05) is 49.5 Å². The average Bonchev–Trinajstić information content (AvgIpc) is 2.66. The minimum Gasteiger partial charge on any atom is -0.497 e. The summed E-state index contributed by atoms with van der Waals surface area (Å²) < 4.78 is 9.91. The third-order valence-electron chi connectivity index (χ3n) is 4.20. The maximum Gasteiger partial charge on any atom is 0.404 e. The van der Waals surface area contributed by atoms with Crippen LogP contribution in [0.4, 0.5) is 21.9 Å². The van der Waals surface area contributed by atoms with Crippen LogP contribution in [0, 0.1) is 0 Å². The third-order valence-corrected chi connectivity index (χ3v) is 4.20. The number of primary amides is 1. The highest BCUT2D eigenvalue weighted by Gasteiger charge is 2.10. The van der Waals surface area contributed by atoms with Crippen LogP contribution in [-0.2, 0) is 11.3 Å². The van der Waals surface area contributed by atoms with Crippen LogP contribution in [0.3, 0.4) is 0 Å². The zero-order valence-electron chi connectivity index (χ0n) is 15.9. The summed E-state index contributed by atoms with van der Waals surface area (Å²) >= 11 is 0. The zero-order valence-corrected chi connectivity index (χ0v) is 15.9. The number of anilines is 3. The van der Waals surface area contributed by atoms with Crippen LogP contribution in [0.2, 0.25) is 0 Å². The summed E-state index contributed by atoms with van der Waals surface area (Å²) in [5, 5.41) is 3.34. The Kier molecular flexibility index (Phi) is 7.61. The summed E-state index contributed by atoms with van der Waals surface area (Å²) in [5.41, 5.74) is 15.0. The molecule has 0 atom stereocenters. The molecule has 2 aromatic rings. The number of para-hydroxylation sites is 1. The van der Waals surface area contributed by atoms with Crippen molar-refractivity contribution in [2.24, 2.45) is 5.73 Å². The number of amides is 1. The largest absolute Gasteiger partial charge is 0.497 e. The van der Waals surface area contributed by atoms with E-state index < -0.39 is 6.09 Å². The van der Waals surface area contributed by atoms with Gasteiger partial charge in [0.1, 0.15) is 5.75 Å². The van der Waals surface area contributed by atoms with Crippen molar-refractivity contribution in [1.82, 2.24) is 0 Å². The number of nitrogens with one attached hydrogen (secondary N) is 1. The Morgan fingerprint density at radius 1 is 1.15 bits per heavy atom. The minimum atomic E-state index is -0.736. The second-order valence-corrected chi connectivity index (χ2v) is 6.24. The summed E-state index contributed by atoms with van der Waals surface area (Å²) in [6.45, 7) is 1.80. The predicted molar refractivity (Wildman–Crippen MR) is 109 cm³/mol. The lowest BCUT2D eigenvalue weighted by Gasteiger charge is -2.23. The normalized spacial score (nSPS) is 10.3. The predicted octanol–water partition coefficient (Wildman–Crippen LogP) is 3.20. The summed E-state index contributed by atoms with van der Waals surface area (Å²) in [4.78, 5) is 12.6. The molecule has 0 fully saturated rings. The van der Waals surface area contributed by atoms with Gasteiger partial charge in [0.05, 0.1) is 30.8 Å². The van der Waals surface area contributed by atoms with Gasteiger partial charge in [-0.25, -0.2) is 4.79 Å². The molecule has 0 aliphatic carbocycles. The Bertz CT molecular complexity index is 735. The minimum absolute atomic E-state index is 0.330. The standard InChI is InChI=1S/C20H28N4O3/c1-24(14-15-8-10-16(26-2)11-9-15)18-7-5-6-17(19(18)21)23-12-3-4-13-27-20(22)25/h5-11,23H,3-4,12-14,21H2,1-2H3,(H2,22,25). The maximum atomic E-state index is 10.5. The number of rotatable bonds is 10. The molecule has 7 heteroatoms. The fourth-order valence-corrected chi connectivity index (χ4v) is 2.75. The molecule has 5 N–H and O–H groups in total. The van der Waals surface area contributed by atoms with Crippen molar-refractivity contribution >= 4 is 23.2 Å². The van der Waals surface area contributed by atoms with Gasteiger partial charge in [-0.2, -0.15) is 0 Å². The Morgan fingerprint density at radius 2 is 1.89 bits per heavy atom. The number of unbranched alkanes of at least 4 members (excludes halogenated alkanes) is 1. The number of hydrogen-bond donors (Lipinski definition) is 3. The van der Waals surface area contributed by atoms with Gasteiger partial charge in [-0.05, 0) is 42.7 Å². The Hall–Kier alpha value is -3.09. The van der Waals surface area contributed by atoms with E-state index in [1.54, 1.807) is 7.11 Å². The Balaban J connectivity index is 1.91. The molecule has 1 amide bonds. The van der Waals surface area contributed by atoms with E-state index >= 15 is 0 Å². The van der Waals surface area contributed by atoms with Crippen molar-refractivity contribution in [1.29, 1.82) is 0 Å². The highest BCUT2D eigenvalue weighted by Crippen LogP contribution is 2.30. The average molecular weight is 372 g/mol. The third kappa shape index (κ3) is 6.29. The summed E-state index contributed by atoms with van der Waals surface area (Å²) in [5.74, 6) is 0.841. The van der Waals surface area contributed by atoms with Crippen LogP contribution < -0.4 is 26.4 Å². The molecule has 0 aliphatic rings. The number of nitrogen functional groups attached to an aromatic ring is 1. The van der Waals surface area contributed by atoms with Crippen molar-refractivity contribution in [2.75, 3.05) is 43.3 Å². The Labute approximate surface area is 160 Å². The number of methoxy groups -OCH3 is 1. The van der Waals surface area contributed by atoms with E-state index in [0.717, 1.165) is 43.1 Å². The number of nitrogens with two attached hydrogens (primary N) is 2. The van der Waals surface area contributed by atoms with E-state index in [1.165, 1.54) is 5.56 Å². The zero-order chi connectivity index (χ0) is 19.6. The molecule has 0 bridgehead atoms. The van der Waals surface area contributed by atoms with Crippen LogP contribution >= 0.6 is 0 Å². The molecule has 2 aromatic carbocycles. The van der Waals surface area contributed by atoms with Crippen LogP contribution in [0.15, 0.2) is 42.5 Å². The Morgan fingerprint density at radius 3 is 2.56 bits per heavy atom. The number of nitrogens with zero attached hydrogens (tertiary/aromatic N) is 1. The first-order valence-corrected chi connectivity index (χ1v) is 8.90. The molecule has 27 heavy (non-hydrogen) atoms. The molecule has 0 saturated heterocycles. The highest BCUT2D eigenvalue weighted by atomic mass is 16.5. The molecule has 0 spiro atoms. The molecule has 146 valence electrons. The van der Waals surface area contributed by atoms with Crippen LogP contribution in [0.1, 0.15) is 18.4 Å². The van der Waals surface area contributed by atoms with Crippen molar-refractivity contribution in [2.45, 2.75) is 19.4 Å². The van der Waals surface area contributed by atoms with E-state index in [4.69, 9.17) is 20.9 Å². The van der Waals surface area contributed by atoms with E-state index in [2.05, 4.69) is 10.2 Å². The van der Waals surface area contributed by atoms with Gasteiger partial charge in [0.25, 0.3) is 0 Å². The van der Waals surface area contributed by atoms with E-state index in [9.17, 15) is 4.79 Å². The van der Waals surface area contributed by atoms with Gasteiger partial charge in [0.15, 0.2) is 0 Å². The lowest BCUT2D eigenvalue weighted by molar-refractivity contribution is 0.155. The lowest BCUT2D eigenvalue weighted by atomic mass is 10.1. The quantitative estimate of drug-likeness (QED) is 0.437. The smallest absolute Gasteiger partial charge is 0.404 e. The summed E-state index contributed by atoms with van der Waals surface area (Å²) in [6.07, 6.45) is 0.853. The topological polar surface area (TPSA) is 103 Å².